The third-order valence-corrected chi connectivity index (χ3v) is 1.74. The summed E-state index contributed by atoms with van der Waals surface area (Å²) in [5.41, 5.74) is 0.0595. The average molecular weight is 224 g/mol. The number of hydrogen-bond acceptors (Lipinski definition) is 4. The zero-order valence-corrected chi connectivity index (χ0v) is 8.80. The SMILES string of the molecule is CCOC(=O)/C(=C/c1ccco1)CC(=O)O. The summed E-state index contributed by atoms with van der Waals surface area (Å²) in [6.07, 6.45) is 2.42. The van der Waals surface area contributed by atoms with Gasteiger partial charge in [-0.05, 0) is 25.1 Å². The van der Waals surface area contributed by atoms with Crippen LogP contribution >= 0.6 is 0 Å². The smallest absolute Gasteiger partial charge is 0.334 e. The maximum absolute atomic E-state index is 11.4. The van der Waals surface area contributed by atoms with Crippen molar-refractivity contribution in [1.29, 1.82) is 0 Å². The van der Waals surface area contributed by atoms with Gasteiger partial charge in [0, 0.05) is 0 Å². The summed E-state index contributed by atoms with van der Waals surface area (Å²) in [4.78, 5) is 22.0. The Morgan fingerprint density at radius 1 is 1.56 bits per heavy atom. The fourth-order valence-corrected chi connectivity index (χ4v) is 1.11. The van der Waals surface area contributed by atoms with E-state index in [0.29, 0.717) is 5.76 Å². The number of hydrogen-bond donors (Lipinski definition) is 1. The lowest BCUT2D eigenvalue weighted by molar-refractivity contribution is -0.142. The molecule has 5 nitrogen and oxygen atoms in total. The summed E-state index contributed by atoms with van der Waals surface area (Å²) in [6, 6.07) is 3.27. The van der Waals surface area contributed by atoms with E-state index in [-0.39, 0.29) is 18.6 Å². The molecule has 0 aliphatic heterocycles. The fraction of sp³-hybridized carbons (Fsp3) is 0.273. The van der Waals surface area contributed by atoms with Gasteiger partial charge in [-0.25, -0.2) is 4.79 Å². The molecule has 0 aromatic carbocycles. The summed E-state index contributed by atoms with van der Waals surface area (Å²) in [5.74, 6) is -1.31. The Labute approximate surface area is 92.3 Å². The van der Waals surface area contributed by atoms with Gasteiger partial charge in [-0.1, -0.05) is 0 Å². The Morgan fingerprint density at radius 2 is 2.31 bits per heavy atom. The van der Waals surface area contributed by atoms with Crippen molar-refractivity contribution in [2.75, 3.05) is 6.61 Å². The molecule has 0 radical (unpaired) electrons. The Balaban J connectivity index is 2.86. The third kappa shape index (κ3) is 3.61. The molecule has 1 aromatic heterocycles. The number of carboxylic acids is 1. The number of carbonyl (C=O) groups is 2. The minimum atomic E-state index is -1.09. The normalized spacial score (nSPS) is 11.2. The molecule has 0 unspecified atom stereocenters. The molecular formula is C11H12O5. The predicted octanol–water partition coefficient (Wildman–Crippen LogP) is 1.70. The number of rotatable bonds is 5. The van der Waals surface area contributed by atoms with Gasteiger partial charge >= 0.3 is 11.9 Å². The predicted molar refractivity (Wildman–Crippen MR) is 55.6 cm³/mol. The highest BCUT2D eigenvalue weighted by Crippen LogP contribution is 2.12. The van der Waals surface area contributed by atoms with Gasteiger partial charge in [-0.3, -0.25) is 4.79 Å². The van der Waals surface area contributed by atoms with Crippen LogP contribution < -0.4 is 0 Å². The molecule has 0 saturated heterocycles. The van der Waals surface area contributed by atoms with Crippen LogP contribution in [0.4, 0.5) is 0 Å². The summed E-state index contributed by atoms with van der Waals surface area (Å²) in [7, 11) is 0. The zero-order valence-electron chi connectivity index (χ0n) is 8.80. The van der Waals surface area contributed by atoms with Gasteiger partial charge in [0.2, 0.25) is 0 Å². The lowest BCUT2D eigenvalue weighted by Crippen LogP contribution is -2.11. The minimum Gasteiger partial charge on any atom is -0.481 e. The van der Waals surface area contributed by atoms with E-state index in [2.05, 4.69) is 0 Å². The van der Waals surface area contributed by atoms with Gasteiger partial charge in [-0.2, -0.15) is 0 Å². The highest BCUT2D eigenvalue weighted by Gasteiger charge is 2.14. The quantitative estimate of drug-likeness (QED) is 0.608. The summed E-state index contributed by atoms with van der Waals surface area (Å²) >= 11 is 0. The second kappa shape index (κ2) is 5.75. The Morgan fingerprint density at radius 3 is 2.81 bits per heavy atom. The van der Waals surface area contributed by atoms with Crippen molar-refractivity contribution in [3.8, 4) is 0 Å². The van der Waals surface area contributed by atoms with Crippen LogP contribution in [-0.4, -0.2) is 23.7 Å². The van der Waals surface area contributed by atoms with Gasteiger partial charge in [0.1, 0.15) is 5.76 Å². The standard InChI is InChI=1S/C11H12O5/c1-2-15-11(14)8(7-10(12)13)6-9-4-3-5-16-9/h3-6H,2,7H2,1H3,(H,12,13)/b8-6+. The number of furan rings is 1. The molecule has 0 bridgehead atoms. The number of carbonyl (C=O) groups excluding carboxylic acids is 1. The maximum Gasteiger partial charge on any atom is 0.334 e. The minimum absolute atomic E-state index is 0.0595. The van der Waals surface area contributed by atoms with Crippen LogP contribution in [0, 0.1) is 0 Å². The molecule has 1 rings (SSSR count). The van der Waals surface area contributed by atoms with E-state index < -0.39 is 11.9 Å². The lowest BCUT2D eigenvalue weighted by Gasteiger charge is -2.03. The molecular weight excluding hydrogens is 212 g/mol. The topological polar surface area (TPSA) is 76.7 Å². The van der Waals surface area contributed by atoms with E-state index in [1.165, 1.54) is 12.3 Å². The zero-order chi connectivity index (χ0) is 12.0. The van der Waals surface area contributed by atoms with Crippen molar-refractivity contribution in [1.82, 2.24) is 0 Å². The summed E-state index contributed by atoms with van der Waals surface area (Å²) < 4.78 is 9.74. The molecule has 0 amide bonds. The van der Waals surface area contributed by atoms with Crippen molar-refractivity contribution in [3.05, 3.63) is 29.7 Å². The molecule has 1 aromatic rings. The average Bonchev–Trinajstić information content (AvgIpc) is 2.69. The van der Waals surface area contributed by atoms with Crippen LogP contribution in [0.25, 0.3) is 6.08 Å². The second-order valence-corrected chi connectivity index (χ2v) is 2.98. The van der Waals surface area contributed by atoms with E-state index in [0.717, 1.165) is 0 Å². The van der Waals surface area contributed by atoms with Crippen molar-refractivity contribution < 1.29 is 23.8 Å². The van der Waals surface area contributed by atoms with Crippen molar-refractivity contribution in [2.24, 2.45) is 0 Å². The highest BCUT2D eigenvalue weighted by atomic mass is 16.5. The summed E-state index contributed by atoms with van der Waals surface area (Å²) in [6.45, 7) is 1.86. The molecule has 86 valence electrons. The first kappa shape index (κ1) is 12.0. The first-order valence-corrected chi connectivity index (χ1v) is 4.76. The molecule has 16 heavy (non-hydrogen) atoms. The number of ether oxygens (including phenoxy) is 1. The largest absolute Gasteiger partial charge is 0.481 e. The van der Waals surface area contributed by atoms with Crippen LogP contribution in [0.2, 0.25) is 0 Å². The van der Waals surface area contributed by atoms with Gasteiger partial charge < -0.3 is 14.3 Å². The van der Waals surface area contributed by atoms with Crippen LogP contribution in [0.5, 0.6) is 0 Å². The third-order valence-electron chi connectivity index (χ3n) is 1.74. The van der Waals surface area contributed by atoms with E-state index >= 15 is 0 Å². The molecule has 5 heteroatoms. The van der Waals surface area contributed by atoms with E-state index in [1.54, 1.807) is 19.1 Å². The van der Waals surface area contributed by atoms with Crippen LogP contribution in [0.3, 0.4) is 0 Å². The molecule has 1 heterocycles. The van der Waals surface area contributed by atoms with Crippen LogP contribution in [0.1, 0.15) is 19.1 Å². The van der Waals surface area contributed by atoms with E-state index in [9.17, 15) is 9.59 Å². The first-order valence-electron chi connectivity index (χ1n) is 4.76. The van der Waals surface area contributed by atoms with E-state index in [4.69, 9.17) is 14.3 Å². The summed E-state index contributed by atoms with van der Waals surface area (Å²) in [5, 5.41) is 8.65. The van der Waals surface area contributed by atoms with Gasteiger partial charge in [-0.15, -0.1) is 0 Å². The van der Waals surface area contributed by atoms with Crippen molar-refractivity contribution in [2.45, 2.75) is 13.3 Å². The molecule has 0 aliphatic carbocycles. The maximum atomic E-state index is 11.4. The van der Waals surface area contributed by atoms with Crippen LogP contribution in [0.15, 0.2) is 28.4 Å². The number of esters is 1. The second-order valence-electron chi connectivity index (χ2n) is 2.98. The Bertz CT molecular complexity index is 389. The molecule has 0 spiro atoms. The molecule has 0 fully saturated rings. The number of aliphatic carboxylic acids is 1. The monoisotopic (exact) mass is 224 g/mol. The van der Waals surface area contributed by atoms with Gasteiger partial charge in [0.05, 0.1) is 24.9 Å². The molecule has 0 aliphatic rings. The Kier molecular flexibility index (Phi) is 4.32. The first-order chi connectivity index (χ1) is 7.63. The van der Waals surface area contributed by atoms with Crippen molar-refractivity contribution >= 4 is 18.0 Å². The van der Waals surface area contributed by atoms with Crippen LogP contribution in [-0.2, 0) is 14.3 Å². The highest BCUT2D eigenvalue weighted by molar-refractivity contribution is 5.97. The molecule has 0 atom stereocenters. The van der Waals surface area contributed by atoms with Crippen molar-refractivity contribution in [3.63, 3.8) is 0 Å². The Hall–Kier alpha value is -2.04. The van der Waals surface area contributed by atoms with Gasteiger partial charge in [0.15, 0.2) is 0 Å². The van der Waals surface area contributed by atoms with E-state index in [1.807, 2.05) is 0 Å². The molecule has 0 saturated carbocycles. The fourth-order valence-electron chi connectivity index (χ4n) is 1.11. The van der Waals surface area contributed by atoms with Gasteiger partial charge in [0.25, 0.3) is 0 Å². The lowest BCUT2D eigenvalue weighted by atomic mass is 10.1. The molecule has 1 N–H and O–H groups in total. The number of carboxylic acid groups (broad SMARTS) is 1.